The molecule has 0 spiro atoms. The molecule has 0 fully saturated rings. The summed E-state index contributed by atoms with van der Waals surface area (Å²) in [5.41, 5.74) is 2.61. The Balaban J connectivity index is 2.26. The van der Waals surface area contributed by atoms with E-state index >= 15 is 0 Å². The van der Waals surface area contributed by atoms with Crippen LogP contribution < -0.4 is 0 Å². The van der Waals surface area contributed by atoms with Gasteiger partial charge in [-0.05, 0) is 18.6 Å². The Bertz CT molecular complexity index is 735. The highest BCUT2D eigenvalue weighted by Gasteiger charge is 2.23. The molecule has 0 aliphatic rings. The van der Waals surface area contributed by atoms with Crippen molar-refractivity contribution in [2.45, 2.75) is 25.0 Å². The molecule has 1 heterocycles. The van der Waals surface area contributed by atoms with Crippen molar-refractivity contribution < 1.29 is 13.5 Å². The molecule has 5 nitrogen and oxygen atoms in total. The molecule has 1 aromatic heterocycles. The van der Waals surface area contributed by atoms with Gasteiger partial charge in [0.2, 0.25) is 10.0 Å². The molecule has 21 heavy (non-hydrogen) atoms. The number of sulfonamides is 1. The number of benzene rings is 1. The number of aromatic nitrogens is 1. The molecule has 2 rings (SSSR count). The van der Waals surface area contributed by atoms with Crippen LogP contribution in [-0.2, 0) is 30.2 Å². The highest BCUT2D eigenvalue weighted by molar-refractivity contribution is 7.89. The number of hydrogen-bond donors (Lipinski definition) is 1. The molecule has 6 heteroatoms. The van der Waals surface area contributed by atoms with Crippen molar-refractivity contribution in [1.82, 2.24) is 8.87 Å². The first-order valence-corrected chi connectivity index (χ1v) is 8.06. The Hall–Kier alpha value is -1.63. The number of nitrogens with zero attached hydrogens (tertiary/aromatic N) is 2. The fourth-order valence-corrected chi connectivity index (χ4v) is 3.46. The van der Waals surface area contributed by atoms with E-state index in [1.807, 2.05) is 31.2 Å². The molecule has 0 bridgehead atoms. The zero-order valence-electron chi connectivity index (χ0n) is 12.4. The van der Waals surface area contributed by atoms with Crippen LogP contribution in [0.5, 0.6) is 0 Å². The topological polar surface area (TPSA) is 62.5 Å². The average Bonchev–Trinajstić information content (AvgIpc) is 2.80. The monoisotopic (exact) mass is 308 g/mol. The van der Waals surface area contributed by atoms with E-state index < -0.39 is 10.0 Å². The van der Waals surface area contributed by atoms with Gasteiger partial charge in [-0.3, -0.25) is 0 Å². The van der Waals surface area contributed by atoms with Gasteiger partial charge in [-0.25, -0.2) is 8.42 Å². The predicted octanol–water partition coefficient (Wildman–Crippen LogP) is 1.65. The summed E-state index contributed by atoms with van der Waals surface area (Å²) in [6.07, 6.45) is 1.52. The first-order chi connectivity index (χ1) is 9.84. The van der Waals surface area contributed by atoms with Gasteiger partial charge in [0.1, 0.15) is 4.90 Å². The fourth-order valence-electron chi connectivity index (χ4n) is 2.21. The maximum atomic E-state index is 12.5. The van der Waals surface area contributed by atoms with E-state index in [1.54, 1.807) is 18.7 Å². The van der Waals surface area contributed by atoms with Crippen LogP contribution in [0.3, 0.4) is 0 Å². The van der Waals surface area contributed by atoms with Gasteiger partial charge in [0, 0.05) is 32.5 Å². The van der Waals surface area contributed by atoms with E-state index in [-0.39, 0.29) is 11.5 Å². The number of aliphatic hydroxyl groups is 1. The minimum Gasteiger partial charge on any atom is -0.390 e. The quantitative estimate of drug-likeness (QED) is 0.913. The molecule has 0 aliphatic carbocycles. The third kappa shape index (κ3) is 3.34. The van der Waals surface area contributed by atoms with Crippen molar-refractivity contribution in [3.05, 3.63) is 53.3 Å². The summed E-state index contributed by atoms with van der Waals surface area (Å²) < 4.78 is 28.0. The number of rotatable bonds is 5. The summed E-state index contributed by atoms with van der Waals surface area (Å²) in [6, 6.07) is 9.27. The molecule has 0 atom stereocenters. The van der Waals surface area contributed by atoms with Gasteiger partial charge in [0.05, 0.1) is 6.61 Å². The van der Waals surface area contributed by atoms with E-state index in [0.29, 0.717) is 12.2 Å². The lowest BCUT2D eigenvalue weighted by Crippen LogP contribution is -2.26. The standard InChI is InChI=1S/C15H20N2O3S/c1-12-5-4-6-13(7-12)9-17(3)21(19,20)15-8-14(11-18)16(2)10-15/h4-8,10,18H,9,11H2,1-3H3. The van der Waals surface area contributed by atoms with Crippen LogP contribution in [0.4, 0.5) is 0 Å². The van der Waals surface area contributed by atoms with Crippen molar-refractivity contribution in [2.75, 3.05) is 7.05 Å². The van der Waals surface area contributed by atoms with Gasteiger partial charge in [-0.2, -0.15) is 4.31 Å². The number of aliphatic hydroxyl groups excluding tert-OH is 1. The second-order valence-electron chi connectivity index (χ2n) is 5.19. The second-order valence-corrected chi connectivity index (χ2v) is 7.23. The van der Waals surface area contributed by atoms with Crippen LogP contribution in [0.15, 0.2) is 41.4 Å². The first kappa shape index (κ1) is 15.8. The molecule has 0 amide bonds. The molecule has 0 aliphatic heterocycles. The highest BCUT2D eigenvalue weighted by atomic mass is 32.2. The second kappa shape index (κ2) is 6.01. The fraction of sp³-hybridized carbons (Fsp3) is 0.333. The zero-order valence-corrected chi connectivity index (χ0v) is 13.3. The third-order valence-corrected chi connectivity index (χ3v) is 5.21. The van der Waals surface area contributed by atoms with Crippen LogP contribution in [-0.4, -0.2) is 29.4 Å². The summed E-state index contributed by atoms with van der Waals surface area (Å²) in [5.74, 6) is 0. The molecule has 1 N–H and O–H groups in total. The third-order valence-electron chi connectivity index (χ3n) is 3.44. The van der Waals surface area contributed by atoms with Crippen molar-refractivity contribution in [3.8, 4) is 0 Å². The number of hydrogen-bond acceptors (Lipinski definition) is 3. The van der Waals surface area contributed by atoms with E-state index in [1.165, 1.54) is 16.6 Å². The van der Waals surface area contributed by atoms with E-state index in [0.717, 1.165) is 11.1 Å². The van der Waals surface area contributed by atoms with Crippen molar-refractivity contribution in [2.24, 2.45) is 7.05 Å². The molecule has 114 valence electrons. The normalized spacial score (nSPS) is 12.0. The summed E-state index contributed by atoms with van der Waals surface area (Å²) >= 11 is 0. The summed E-state index contributed by atoms with van der Waals surface area (Å²) in [4.78, 5) is 0.198. The zero-order chi connectivity index (χ0) is 15.6. The van der Waals surface area contributed by atoms with Crippen molar-refractivity contribution in [3.63, 3.8) is 0 Å². The lowest BCUT2D eigenvalue weighted by atomic mass is 10.1. The Morgan fingerprint density at radius 2 is 2.00 bits per heavy atom. The summed E-state index contributed by atoms with van der Waals surface area (Å²) in [7, 11) is -0.288. The molecular formula is C15H20N2O3S. The lowest BCUT2D eigenvalue weighted by molar-refractivity contribution is 0.272. The molecular weight excluding hydrogens is 288 g/mol. The summed E-state index contributed by atoms with van der Waals surface area (Å²) in [5, 5.41) is 9.17. The predicted molar refractivity (Wildman–Crippen MR) is 81.2 cm³/mol. The van der Waals surface area contributed by atoms with Gasteiger partial charge in [-0.1, -0.05) is 29.8 Å². The Kier molecular flexibility index (Phi) is 4.51. The van der Waals surface area contributed by atoms with Crippen molar-refractivity contribution in [1.29, 1.82) is 0 Å². The van der Waals surface area contributed by atoms with Gasteiger partial charge in [0.25, 0.3) is 0 Å². The van der Waals surface area contributed by atoms with E-state index in [9.17, 15) is 13.5 Å². The van der Waals surface area contributed by atoms with E-state index in [4.69, 9.17) is 0 Å². The Morgan fingerprint density at radius 1 is 1.29 bits per heavy atom. The van der Waals surface area contributed by atoms with Crippen LogP contribution in [0.25, 0.3) is 0 Å². The van der Waals surface area contributed by atoms with Crippen LogP contribution in [0.1, 0.15) is 16.8 Å². The van der Waals surface area contributed by atoms with E-state index in [2.05, 4.69) is 0 Å². The first-order valence-electron chi connectivity index (χ1n) is 6.62. The Labute approximate surface area is 125 Å². The molecule has 0 radical (unpaired) electrons. The molecule has 1 aromatic carbocycles. The number of aryl methyl sites for hydroxylation is 2. The van der Waals surface area contributed by atoms with Crippen LogP contribution in [0.2, 0.25) is 0 Å². The molecule has 2 aromatic rings. The minimum atomic E-state index is -3.56. The maximum absolute atomic E-state index is 12.5. The van der Waals surface area contributed by atoms with Gasteiger partial charge >= 0.3 is 0 Å². The molecule has 0 unspecified atom stereocenters. The SMILES string of the molecule is Cc1cccc(CN(C)S(=O)(=O)c2cc(CO)n(C)c2)c1. The minimum absolute atomic E-state index is 0.187. The van der Waals surface area contributed by atoms with Crippen LogP contribution >= 0.6 is 0 Å². The summed E-state index contributed by atoms with van der Waals surface area (Å²) in [6.45, 7) is 2.10. The Morgan fingerprint density at radius 3 is 2.57 bits per heavy atom. The van der Waals surface area contributed by atoms with Crippen LogP contribution in [0, 0.1) is 6.92 Å². The van der Waals surface area contributed by atoms with Gasteiger partial charge < -0.3 is 9.67 Å². The average molecular weight is 308 g/mol. The lowest BCUT2D eigenvalue weighted by Gasteiger charge is -2.16. The van der Waals surface area contributed by atoms with Crippen molar-refractivity contribution >= 4 is 10.0 Å². The maximum Gasteiger partial charge on any atom is 0.244 e. The molecule has 0 saturated heterocycles. The van der Waals surface area contributed by atoms with Gasteiger partial charge in [-0.15, -0.1) is 0 Å². The van der Waals surface area contributed by atoms with Gasteiger partial charge in [0.15, 0.2) is 0 Å². The highest BCUT2D eigenvalue weighted by Crippen LogP contribution is 2.19. The smallest absolute Gasteiger partial charge is 0.244 e. The molecule has 0 saturated carbocycles. The largest absolute Gasteiger partial charge is 0.390 e.